The van der Waals surface area contributed by atoms with E-state index in [1.54, 1.807) is 25.1 Å². The summed E-state index contributed by atoms with van der Waals surface area (Å²) in [5.74, 6) is 0. The molecule has 15 heavy (non-hydrogen) atoms. The van der Waals surface area contributed by atoms with Crippen molar-refractivity contribution in [1.29, 1.82) is 10.5 Å². The molecule has 0 spiro atoms. The lowest BCUT2D eigenvalue weighted by molar-refractivity contribution is 0.0527. The fourth-order valence-electron chi connectivity index (χ4n) is 1.25. The molecule has 2 atom stereocenters. The van der Waals surface area contributed by atoms with Gasteiger partial charge in [-0.3, -0.25) is 0 Å². The average molecular weight is 202 g/mol. The molecule has 0 saturated heterocycles. The summed E-state index contributed by atoms with van der Waals surface area (Å²) < 4.78 is 0. The number of aryl methyl sites for hydroxylation is 1. The predicted octanol–water partition coefficient (Wildman–Crippen LogP) is 0.785. The van der Waals surface area contributed by atoms with E-state index in [0.717, 1.165) is 0 Å². The molecule has 0 aliphatic carbocycles. The summed E-state index contributed by atoms with van der Waals surface area (Å²) in [5.41, 5.74) is 1.65. The number of aliphatic hydroxyl groups is 2. The molecule has 0 aromatic heterocycles. The van der Waals surface area contributed by atoms with Gasteiger partial charge in [-0.25, -0.2) is 0 Å². The maximum atomic E-state index is 9.52. The first-order valence-corrected chi connectivity index (χ1v) is 4.36. The first kappa shape index (κ1) is 11.2. The summed E-state index contributed by atoms with van der Waals surface area (Å²) in [5, 5.41) is 35.8. The molecule has 0 amide bonds. The second-order valence-corrected chi connectivity index (χ2v) is 3.20. The topological polar surface area (TPSA) is 88.0 Å². The zero-order valence-corrected chi connectivity index (χ0v) is 8.18. The van der Waals surface area contributed by atoms with Crippen molar-refractivity contribution in [2.75, 3.05) is 0 Å². The second kappa shape index (κ2) is 4.56. The van der Waals surface area contributed by atoms with Crippen LogP contribution >= 0.6 is 0 Å². The maximum absolute atomic E-state index is 9.52. The smallest absolute Gasteiger partial charge is 0.170 e. The molecule has 2 unspecified atom stereocenters. The fourth-order valence-corrected chi connectivity index (χ4v) is 1.25. The van der Waals surface area contributed by atoms with E-state index in [0.29, 0.717) is 16.7 Å². The van der Waals surface area contributed by atoms with Crippen LogP contribution in [0.1, 0.15) is 22.8 Å². The molecule has 0 aliphatic rings. The number of hydrogen-bond donors (Lipinski definition) is 2. The number of benzene rings is 1. The van der Waals surface area contributed by atoms with Crippen molar-refractivity contribution in [1.82, 2.24) is 0 Å². The zero-order chi connectivity index (χ0) is 11.4. The Morgan fingerprint density at radius 1 is 1.27 bits per heavy atom. The molecule has 76 valence electrons. The van der Waals surface area contributed by atoms with E-state index in [4.69, 9.17) is 15.6 Å². The Morgan fingerprint density at radius 2 is 1.93 bits per heavy atom. The van der Waals surface area contributed by atoms with E-state index in [-0.39, 0.29) is 0 Å². The molecule has 0 saturated carbocycles. The minimum atomic E-state index is -1.45. The molecule has 0 aliphatic heterocycles. The third-order valence-electron chi connectivity index (χ3n) is 2.14. The van der Waals surface area contributed by atoms with Crippen LogP contribution in [0.2, 0.25) is 0 Å². The monoisotopic (exact) mass is 202 g/mol. The minimum absolute atomic E-state index is 0.431. The van der Waals surface area contributed by atoms with Crippen LogP contribution in [0, 0.1) is 29.6 Å². The van der Waals surface area contributed by atoms with Crippen LogP contribution in [0.5, 0.6) is 0 Å². The summed E-state index contributed by atoms with van der Waals surface area (Å²) in [7, 11) is 0. The minimum Gasteiger partial charge on any atom is -0.385 e. The summed E-state index contributed by atoms with van der Waals surface area (Å²) in [6.45, 7) is 1.73. The summed E-state index contributed by atoms with van der Waals surface area (Å²) >= 11 is 0. The molecule has 1 aromatic carbocycles. The van der Waals surface area contributed by atoms with Gasteiger partial charge in [-0.15, -0.1) is 0 Å². The Morgan fingerprint density at radius 3 is 2.40 bits per heavy atom. The number of nitriles is 2. The second-order valence-electron chi connectivity index (χ2n) is 3.20. The Bertz CT molecular complexity index is 443. The Hall–Kier alpha value is -1.88. The number of hydrogen-bond acceptors (Lipinski definition) is 4. The van der Waals surface area contributed by atoms with Crippen LogP contribution in [-0.2, 0) is 0 Å². The first-order valence-electron chi connectivity index (χ1n) is 4.36. The predicted molar refractivity (Wildman–Crippen MR) is 52.5 cm³/mol. The molecule has 4 nitrogen and oxygen atoms in total. The van der Waals surface area contributed by atoms with Crippen molar-refractivity contribution >= 4 is 0 Å². The molecular weight excluding hydrogens is 192 g/mol. The van der Waals surface area contributed by atoms with Gasteiger partial charge in [0.2, 0.25) is 0 Å². The van der Waals surface area contributed by atoms with Crippen LogP contribution in [0.4, 0.5) is 0 Å². The van der Waals surface area contributed by atoms with E-state index in [9.17, 15) is 5.11 Å². The molecule has 1 rings (SSSR count). The standard InChI is InChI=1S/C11H10N2O2/c1-7-4-8(2-3-9(7)5-12)11(15)10(14)6-13/h2-4,10-11,14-15H,1H3. The van der Waals surface area contributed by atoms with Crippen molar-refractivity contribution in [2.24, 2.45) is 0 Å². The third-order valence-corrected chi connectivity index (χ3v) is 2.14. The molecule has 0 radical (unpaired) electrons. The molecule has 0 heterocycles. The third kappa shape index (κ3) is 2.32. The maximum Gasteiger partial charge on any atom is 0.170 e. The van der Waals surface area contributed by atoms with Crippen LogP contribution in [-0.4, -0.2) is 16.3 Å². The van der Waals surface area contributed by atoms with Gasteiger partial charge in [-0.2, -0.15) is 10.5 Å². The van der Waals surface area contributed by atoms with E-state index in [1.165, 1.54) is 6.07 Å². The van der Waals surface area contributed by atoms with Gasteiger partial charge in [0.1, 0.15) is 6.10 Å². The summed E-state index contributed by atoms with van der Waals surface area (Å²) in [4.78, 5) is 0. The normalized spacial score (nSPS) is 13.7. The van der Waals surface area contributed by atoms with Crippen LogP contribution in [0.25, 0.3) is 0 Å². The van der Waals surface area contributed by atoms with Gasteiger partial charge in [-0.05, 0) is 24.1 Å². The van der Waals surface area contributed by atoms with Crippen molar-refractivity contribution in [2.45, 2.75) is 19.1 Å². The Balaban J connectivity index is 3.05. The highest BCUT2D eigenvalue weighted by molar-refractivity contribution is 5.40. The highest BCUT2D eigenvalue weighted by Crippen LogP contribution is 2.19. The van der Waals surface area contributed by atoms with E-state index < -0.39 is 12.2 Å². The van der Waals surface area contributed by atoms with Gasteiger partial charge < -0.3 is 10.2 Å². The Labute approximate surface area is 87.6 Å². The Kier molecular flexibility index (Phi) is 3.41. The van der Waals surface area contributed by atoms with E-state index in [2.05, 4.69) is 0 Å². The van der Waals surface area contributed by atoms with Gasteiger partial charge >= 0.3 is 0 Å². The van der Waals surface area contributed by atoms with Crippen molar-refractivity contribution in [3.05, 3.63) is 34.9 Å². The number of aliphatic hydroxyl groups excluding tert-OH is 2. The van der Waals surface area contributed by atoms with Crippen molar-refractivity contribution in [3.8, 4) is 12.1 Å². The van der Waals surface area contributed by atoms with Gasteiger partial charge in [-0.1, -0.05) is 12.1 Å². The molecular formula is C11H10N2O2. The van der Waals surface area contributed by atoms with Crippen LogP contribution in [0.15, 0.2) is 18.2 Å². The average Bonchev–Trinajstić information content (AvgIpc) is 2.26. The molecule has 4 heteroatoms. The van der Waals surface area contributed by atoms with Crippen molar-refractivity contribution in [3.63, 3.8) is 0 Å². The SMILES string of the molecule is Cc1cc(C(O)C(O)C#N)ccc1C#N. The summed E-state index contributed by atoms with van der Waals surface area (Å²) in [6.07, 6.45) is -2.68. The largest absolute Gasteiger partial charge is 0.385 e. The highest BCUT2D eigenvalue weighted by Gasteiger charge is 2.17. The highest BCUT2D eigenvalue weighted by atomic mass is 16.3. The number of rotatable bonds is 2. The van der Waals surface area contributed by atoms with Gasteiger partial charge in [0.25, 0.3) is 0 Å². The van der Waals surface area contributed by atoms with E-state index in [1.807, 2.05) is 6.07 Å². The van der Waals surface area contributed by atoms with Gasteiger partial charge in [0, 0.05) is 0 Å². The van der Waals surface area contributed by atoms with Gasteiger partial charge in [0.05, 0.1) is 17.7 Å². The lowest BCUT2D eigenvalue weighted by atomic mass is 10.00. The lowest BCUT2D eigenvalue weighted by Crippen LogP contribution is -2.15. The van der Waals surface area contributed by atoms with Gasteiger partial charge in [0.15, 0.2) is 6.10 Å². The first-order chi connectivity index (χ1) is 7.10. The van der Waals surface area contributed by atoms with Crippen LogP contribution < -0.4 is 0 Å². The van der Waals surface area contributed by atoms with Crippen molar-refractivity contribution < 1.29 is 10.2 Å². The lowest BCUT2D eigenvalue weighted by Gasteiger charge is -2.12. The van der Waals surface area contributed by atoms with E-state index >= 15 is 0 Å². The fraction of sp³-hybridized carbons (Fsp3) is 0.273. The summed E-state index contributed by atoms with van der Waals surface area (Å²) in [6, 6.07) is 8.21. The molecule has 0 fully saturated rings. The number of nitrogens with zero attached hydrogens (tertiary/aromatic N) is 2. The molecule has 2 N–H and O–H groups in total. The zero-order valence-electron chi connectivity index (χ0n) is 8.18. The molecule has 1 aromatic rings. The quantitative estimate of drug-likeness (QED) is 0.694. The molecule has 0 bridgehead atoms. The van der Waals surface area contributed by atoms with Crippen LogP contribution in [0.3, 0.4) is 0 Å².